The van der Waals surface area contributed by atoms with Crippen molar-refractivity contribution >= 4 is 11.8 Å². The van der Waals surface area contributed by atoms with Crippen molar-refractivity contribution < 1.29 is 14.0 Å². The van der Waals surface area contributed by atoms with Gasteiger partial charge in [-0.3, -0.25) is 9.59 Å². The first-order valence-electron chi connectivity index (χ1n) is 8.81. The van der Waals surface area contributed by atoms with E-state index in [2.05, 4.69) is 15.6 Å². The Kier molecular flexibility index (Phi) is 5.84. The number of hydrogen-bond acceptors (Lipinski definition) is 3. The lowest BCUT2D eigenvalue weighted by molar-refractivity contribution is -0.120. The van der Waals surface area contributed by atoms with Crippen LogP contribution in [0.25, 0.3) is 0 Å². The number of nitrogens with one attached hydrogen (secondary N) is 2. The van der Waals surface area contributed by atoms with Crippen molar-refractivity contribution in [2.24, 2.45) is 7.05 Å². The van der Waals surface area contributed by atoms with Gasteiger partial charge in [-0.2, -0.15) is 0 Å². The van der Waals surface area contributed by atoms with Crippen LogP contribution < -0.4 is 10.6 Å². The highest BCUT2D eigenvalue weighted by Crippen LogP contribution is 2.20. The van der Waals surface area contributed by atoms with Crippen molar-refractivity contribution in [3.05, 3.63) is 89.3 Å². The Balaban J connectivity index is 1.71. The summed E-state index contributed by atoms with van der Waals surface area (Å²) < 4.78 is 15.1. The minimum atomic E-state index is -0.566. The first-order chi connectivity index (χ1) is 13.5. The Labute approximate surface area is 162 Å². The lowest BCUT2D eigenvalue weighted by Gasteiger charge is -2.19. The molecule has 3 aromatic rings. The van der Waals surface area contributed by atoms with Crippen LogP contribution in [-0.2, 0) is 11.8 Å². The summed E-state index contributed by atoms with van der Waals surface area (Å²) in [5.74, 6) is -0.452. The van der Waals surface area contributed by atoms with Crippen LogP contribution in [0.5, 0.6) is 0 Å². The molecule has 0 saturated heterocycles. The molecule has 2 amide bonds. The zero-order chi connectivity index (χ0) is 20.1. The fourth-order valence-corrected chi connectivity index (χ4v) is 2.90. The summed E-state index contributed by atoms with van der Waals surface area (Å²) in [5.41, 5.74) is 2.04. The molecule has 7 heteroatoms. The first kappa shape index (κ1) is 19.3. The lowest BCUT2D eigenvalue weighted by Crippen LogP contribution is -2.39. The molecule has 1 heterocycles. The molecule has 0 aliphatic rings. The molecule has 0 fully saturated rings. The Morgan fingerprint density at radius 2 is 1.86 bits per heavy atom. The number of benzene rings is 2. The number of aromatic nitrogens is 2. The molecule has 28 heavy (non-hydrogen) atoms. The van der Waals surface area contributed by atoms with Crippen LogP contribution in [0.3, 0.4) is 0 Å². The summed E-state index contributed by atoms with van der Waals surface area (Å²) in [6, 6.07) is 12.4. The number of rotatable bonds is 6. The van der Waals surface area contributed by atoms with Crippen molar-refractivity contribution in [3.63, 3.8) is 0 Å². The maximum absolute atomic E-state index is 13.3. The third-order valence-corrected chi connectivity index (χ3v) is 4.42. The molecule has 6 nitrogen and oxygen atoms in total. The summed E-state index contributed by atoms with van der Waals surface area (Å²) in [6.45, 7) is 1.65. The van der Waals surface area contributed by atoms with E-state index in [1.165, 1.54) is 12.1 Å². The highest BCUT2D eigenvalue weighted by atomic mass is 19.1. The van der Waals surface area contributed by atoms with E-state index in [0.29, 0.717) is 17.0 Å². The highest BCUT2D eigenvalue weighted by molar-refractivity contribution is 5.97. The van der Waals surface area contributed by atoms with Crippen molar-refractivity contribution in [3.8, 4) is 0 Å². The number of amides is 2. The van der Waals surface area contributed by atoms with Crippen molar-refractivity contribution in [2.45, 2.75) is 13.0 Å². The van der Waals surface area contributed by atoms with Gasteiger partial charge in [0.25, 0.3) is 5.91 Å². The smallest absolute Gasteiger partial charge is 0.251 e. The minimum Gasteiger partial charge on any atom is -0.343 e. The van der Waals surface area contributed by atoms with Gasteiger partial charge in [-0.1, -0.05) is 30.3 Å². The molecule has 2 N–H and O–H groups in total. The van der Waals surface area contributed by atoms with Gasteiger partial charge >= 0.3 is 0 Å². The Bertz CT molecular complexity index is 982. The molecule has 0 bridgehead atoms. The Hall–Kier alpha value is -3.48. The summed E-state index contributed by atoms with van der Waals surface area (Å²) in [7, 11) is 1.81. The van der Waals surface area contributed by atoms with Crippen LogP contribution in [0, 0.1) is 12.7 Å². The van der Waals surface area contributed by atoms with E-state index in [1.807, 2.05) is 26.1 Å². The van der Waals surface area contributed by atoms with Crippen molar-refractivity contribution in [2.75, 3.05) is 6.54 Å². The molecular weight excluding hydrogens is 359 g/mol. The predicted molar refractivity (Wildman–Crippen MR) is 103 cm³/mol. The van der Waals surface area contributed by atoms with Crippen LogP contribution in [0.2, 0.25) is 0 Å². The van der Waals surface area contributed by atoms with E-state index < -0.39 is 6.04 Å². The zero-order valence-corrected chi connectivity index (χ0v) is 15.6. The van der Waals surface area contributed by atoms with Crippen LogP contribution in [0.15, 0.2) is 60.9 Å². The van der Waals surface area contributed by atoms with Gasteiger partial charge in [-0.05, 0) is 36.2 Å². The zero-order valence-electron chi connectivity index (χ0n) is 15.6. The van der Waals surface area contributed by atoms with E-state index in [-0.39, 0.29) is 24.2 Å². The molecule has 1 unspecified atom stereocenters. The largest absolute Gasteiger partial charge is 0.343 e. The second kappa shape index (κ2) is 8.47. The second-order valence-corrected chi connectivity index (χ2v) is 6.45. The predicted octanol–water partition coefficient (Wildman–Crippen LogP) is 2.50. The fraction of sp³-hybridized carbons (Fsp3) is 0.190. The normalized spacial score (nSPS) is 11.7. The summed E-state index contributed by atoms with van der Waals surface area (Å²) in [6.07, 6.45) is 3.38. The lowest BCUT2D eigenvalue weighted by atomic mass is 10.1. The van der Waals surface area contributed by atoms with Gasteiger partial charge in [0.1, 0.15) is 17.7 Å². The van der Waals surface area contributed by atoms with Gasteiger partial charge in [0.2, 0.25) is 5.91 Å². The summed E-state index contributed by atoms with van der Waals surface area (Å²) in [4.78, 5) is 29.1. The molecule has 144 valence electrons. The maximum Gasteiger partial charge on any atom is 0.251 e. The average Bonchev–Trinajstić information content (AvgIpc) is 3.11. The van der Waals surface area contributed by atoms with E-state index in [0.717, 1.165) is 5.56 Å². The van der Waals surface area contributed by atoms with Gasteiger partial charge in [0.05, 0.1) is 6.54 Å². The third kappa shape index (κ3) is 4.43. The Morgan fingerprint density at radius 1 is 1.14 bits per heavy atom. The molecule has 0 saturated carbocycles. The fourth-order valence-electron chi connectivity index (χ4n) is 2.90. The van der Waals surface area contributed by atoms with Crippen molar-refractivity contribution in [1.82, 2.24) is 20.2 Å². The molecule has 0 aliphatic heterocycles. The van der Waals surface area contributed by atoms with Gasteiger partial charge in [0, 0.05) is 25.0 Å². The molecule has 2 aromatic carbocycles. The molecular formula is C21H21FN4O2. The van der Waals surface area contributed by atoms with Gasteiger partial charge in [0.15, 0.2) is 0 Å². The van der Waals surface area contributed by atoms with E-state index in [9.17, 15) is 14.0 Å². The second-order valence-electron chi connectivity index (χ2n) is 6.45. The van der Waals surface area contributed by atoms with Gasteiger partial charge in [-0.15, -0.1) is 0 Å². The highest BCUT2D eigenvalue weighted by Gasteiger charge is 2.21. The monoisotopic (exact) mass is 380 g/mol. The number of aryl methyl sites for hydroxylation is 2. The van der Waals surface area contributed by atoms with Crippen LogP contribution in [0.1, 0.15) is 33.4 Å². The number of carbonyl (C=O) groups is 2. The van der Waals surface area contributed by atoms with Gasteiger partial charge < -0.3 is 15.2 Å². The van der Waals surface area contributed by atoms with Crippen LogP contribution >= 0.6 is 0 Å². The number of nitrogens with zero attached hydrogens (tertiary/aromatic N) is 2. The Morgan fingerprint density at radius 3 is 2.50 bits per heavy atom. The number of imidazole rings is 1. The number of halogens is 1. The third-order valence-electron chi connectivity index (χ3n) is 4.42. The quantitative estimate of drug-likeness (QED) is 0.690. The van der Waals surface area contributed by atoms with Crippen molar-refractivity contribution in [1.29, 1.82) is 0 Å². The number of hydrogen-bond donors (Lipinski definition) is 2. The standard InChI is InChI=1S/C21H21FN4O2/c1-14-5-3-4-6-17(14)21(28)24-13-18(27)25-19(20-23-11-12-26(20)2)15-7-9-16(22)10-8-15/h3-12,19H,13H2,1-2H3,(H,24,28)(H,25,27). The maximum atomic E-state index is 13.3. The summed E-state index contributed by atoms with van der Waals surface area (Å²) in [5, 5.41) is 5.49. The van der Waals surface area contributed by atoms with E-state index in [1.54, 1.807) is 41.2 Å². The van der Waals surface area contributed by atoms with Crippen LogP contribution in [-0.4, -0.2) is 27.9 Å². The SMILES string of the molecule is Cc1ccccc1C(=O)NCC(=O)NC(c1ccc(F)cc1)c1nccn1C. The van der Waals surface area contributed by atoms with E-state index in [4.69, 9.17) is 0 Å². The first-order valence-corrected chi connectivity index (χ1v) is 8.81. The van der Waals surface area contributed by atoms with E-state index >= 15 is 0 Å². The topological polar surface area (TPSA) is 76.0 Å². The molecule has 0 radical (unpaired) electrons. The van der Waals surface area contributed by atoms with Crippen LogP contribution in [0.4, 0.5) is 4.39 Å². The molecule has 3 rings (SSSR count). The number of carbonyl (C=O) groups excluding carboxylic acids is 2. The molecule has 0 spiro atoms. The van der Waals surface area contributed by atoms with Gasteiger partial charge in [-0.25, -0.2) is 9.37 Å². The average molecular weight is 380 g/mol. The molecule has 1 atom stereocenters. The summed E-state index contributed by atoms with van der Waals surface area (Å²) >= 11 is 0. The molecule has 1 aromatic heterocycles. The molecule has 0 aliphatic carbocycles. The minimum absolute atomic E-state index is 0.185.